The number of ether oxygens (including phenoxy) is 1. The number of rotatable bonds is 6. The van der Waals surface area contributed by atoms with Gasteiger partial charge in [-0.15, -0.1) is 0 Å². The predicted octanol–water partition coefficient (Wildman–Crippen LogP) is 1.71. The fourth-order valence-corrected chi connectivity index (χ4v) is 4.71. The minimum absolute atomic E-state index is 0.0802. The van der Waals surface area contributed by atoms with Gasteiger partial charge in [-0.05, 0) is 37.5 Å². The van der Waals surface area contributed by atoms with Crippen molar-refractivity contribution in [1.29, 1.82) is 0 Å². The molecule has 2 aliphatic heterocycles. The van der Waals surface area contributed by atoms with Crippen molar-refractivity contribution in [2.24, 2.45) is 5.92 Å². The van der Waals surface area contributed by atoms with E-state index in [2.05, 4.69) is 0 Å². The van der Waals surface area contributed by atoms with Crippen LogP contribution in [0.3, 0.4) is 0 Å². The zero-order valence-corrected chi connectivity index (χ0v) is 15.9. The zero-order chi connectivity index (χ0) is 19.1. The number of esters is 1. The van der Waals surface area contributed by atoms with Crippen molar-refractivity contribution in [3.8, 4) is 0 Å². The van der Waals surface area contributed by atoms with E-state index in [0.717, 1.165) is 5.56 Å². The number of hydrogen-bond acceptors (Lipinski definition) is 5. The molecule has 2 heterocycles. The summed E-state index contributed by atoms with van der Waals surface area (Å²) in [4.78, 5) is 27.0. The summed E-state index contributed by atoms with van der Waals surface area (Å²) in [6.45, 7) is 5.00. The van der Waals surface area contributed by atoms with Crippen molar-refractivity contribution in [2.75, 3.05) is 5.75 Å². The molecule has 1 saturated heterocycles. The molecule has 0 aliphatic carbocycles. The normalized spacial score (nSPS) is 23.6. The Hall–Kier alpha value is -1.83. The molecular weight excluding hydrogens is 354 g/mol. The second kappa shape index (κ2) is 7.06. The predicted molar refractivity (Wildman–Crippen MR) is 97.0 cm³/mol. The van der Waals surface area contributed by atoms with E-state index in [1.807, 2.05) is 30.3 Å². The summed E-state index contributed by atoms with van der Waals surface area (Å²) in [5.41, 5.74) is -0.268. The molecule has 26 heavy (non-hydrogen) atoms. The lowest BCUT2D eigenvalue weighted by molar-refractivity contribution is -0.170. The standard InChI is InChI=1S/C19H23NO5S/c1-4-26(24)14-10-13-15(19(2,3)23)17(21)20(13)16(14)18(22)25-11-12-8-6-5-7-9-12/h5-9,13,15,23H,4,10-11H2,1-3H3. The van der Waals surface area contributed by atoms with E-state index in [4.69, 9.17) is 4.74 Å². The van der Waals surface area contributed by atoms with Gasteiger partial charge in [-0.2, -0.15) is 0 Å². The van der Waals surface area contributed by atoms with Gasteiger partial charge in [0.2, 0.25) is 5.91 Å². The monoisotopic (exact) mass is 377 g/mol. The van der Waals surface area contributed by atoms with Crippen molar-refractivity contribution in [2.45, 2.75) is 45.4 Å². The maximum Gasteiger partial charge on any atom is 0.360 e. The third-order valence-electron chi connectivity index (χ3n) is 4.82. The van der Waals surface area contributed by atoms with Crippen LogP contribution < -0.4 is 0 Å². The van der Waals surface area contributed by atoms with Crippen molar-refractivity contribution in [3.63, 3.8) is 0 Å². The van der Waals surface area contributed by atoms with E-state index in [1.165, 1.54) is 4.90 Å². The topological polar surface area (TPSA) is 89.9 Å². The first-order chi connectivity index (χ1) is 12.3. The van der Waals surface area contributed by atoms with E-state index >= 15 is 0 Å². The second-order valence-corrected chi connectivity index (χ2v) is 8.84. The fourth-order valence-electron chi connectivity index (χ4n) is 3.60. The summed E-state index contributed by atoms with van der Waals surface area (Å²) in [5.74, 6) is -1.22. The molecule has 1 fully saturated rings. The smallest absolute Gasteiger partial charge is 0.360 e. The highest BCUT2D eigenvalue weighted by Gasteiger charge is 2.62. The quantitative estimate of drug-likeness (QED) is 0.463. The Bertz CT molecular complexity index is 740. The Kier molecular flexibility index (Phi) is 5.14. The first-order valence-electron chi connectivity index (χ1n) is 8.63. The van der Waals surface area contributed by atoms with Gasteiger partial charge in [0.1, 0.15) is 12.4 Å². The lowest BCUT2D eigenvalue weighted by Gasteiger charge is -2.48. The average Bonchev–Trinajstić information content (AvgIpc) is 2.93. The maximum absolute atomic E-state index is 12.7. The molecular formula is C19H23NO5S. The Balaban J connectivity index is 1.82. The molecule has 0 radical (unpaired) electrons. The molecule has 6 nitrogen and oxygen atoms in total. The minimum Gasteiger partial charge on any atom is -0.612 e. The van der Waals surface area contributed by atoms with Crippen LogP contribution in [0.15, 0.2) is 40.9 Å². The molecule has 3 unspecified atom stereocenters. The largest absolute Gasteiger partial charge is 0.612 e. The van der Waals surface area contributed by atoms with Crippen molar-refractivity contribution < 1.29 is 24.0 Å². The molecule has 140 valence electrons. The molecule has 7 heteroatoms. The fraction of sp³-hybridized carbons (Fsp3) is 0.474. The van der Waals surface area contributed by atoms with Gasteiger partial charge >= 0.3 is 5.97 Å². The van der Waals surface area contributed by atoms with Gasteiger partial charge in [-0.1, -0.05) is 30.3 Å². The molecule has 0 spiro atoms. The summed E-state index contributed by atoms with van der Waals surface area (Å²) >= 11 is -1.36. The highest BCUT2D eigenvalue weighted by molar-refractivity contribution is 7.95. The third-order valence-corrected chi connectivity index (χ3v) is 6.26. The van der Waals surface area contributed by atoms with Gasteiger partial charge in [-0.3, -0.25) is 9.69 Å². The van der Waals surface area contributed by atoms with Crippen molar-refractivity contribution in [1.82, 2.24) is 4.90 Å². The van der Waals surface area contributed by atoms with Crippen LogP contribution >= 0.6 is 0 Å². The SMILES string of the molecule is CC[S+]([O-])C1=C(C(=O)OCc2ccccc2)N2C(=O)C(C(C)(C)O)C2C1. The molecule has 1 aromatic rings. The van der Waals surface area contributed by atoms with Gasteiger partial charge < -0.3 is 14.4 Å². The number of aliphatic hydroxyl groups is 1. The van der Waals surface area contributed by atoms with Crippen LogP contribution in [0.1, 0.15) is 32.8 Å². The van der Waals surface area contributed by atoms with Crippen LogP contribution in [0.5, 0.6) is 0 Å². The number of carbonyl (C=O) groups is 2. The minimum atomic E-state index is -1.36. The summed E-state index contributed by atoms with van der Waals surface area (Å²) < 4.78 is 17.8. The first-order valence-corrected chi connectivity index (χ1v) is 9.95. The Morgan fingerprint density at radius 3 is 2.62 bits per heavy atom. The van der Waals surface area contributed by atoms with Crippen molar-refractivity contribution in [3.05, 3.63) is 46.5 Å². The third kappa shape index (κ3) is 3.26. The van der Waals surface area contributed by atoms with Gasteiger partial charge in [0, 0.05) is 6.42 Å². The number of benzene rings is 1. The van der Waals surface area contributed by atoms with E-state index < -0.39 is 28.7 Å². The Labute approximate surface area is 156 Å². The molecule has 0 saturated carbocycles. The molecule has 0 bridgehead atoms. The summed E-state index contributed by atoms with van der Waals surface area (Å²) in [6, 6.07) is 8.89. The van der Waals surface area contributed by atoms with Crippen LogP contribution in [0, 0.1) is 5.92 Å². The number of fused-ring (bicyclic) bond motifs is 1. The second-order valence-electron chi connectivity index (χ2n) is 7.08. The van der Waals surface area contributed by atoms with Gasteiger partial charge in [0.05, 0.1) is 17.6 Å². The molecule has 3 atom stereocenters. The molecule has 1 aromatic carbocycles. The Morgan fingerprint density at radius 2 is 2.04 bits per heavy atom. The number of β-lactam (4-membered cyclic amide) rings is 1. The van der Waals surface area contributed by atoms with Crippen LogP contribution in [-0.4, -0.2) is 43.8 Å². The zero-order valence-electron chi connectivity index (χ0n) is 15.1. The number of nitrogens with zero attached hydrogens (tertiary/aromatic N) is 1. The molecule has 1 N–H and O–H groups in total. The lowest BCUT2D eigenvalue weighted by Crippen LogP contribution is -2.65. The maximum atomic E-state index is 12.7. The van der Waals surface area contributed by atoms with Gasteiger partial charge in [-0.25, -0.2) is 4.79 Å². The van der Waals surface area contributed by atoms with Crippen LogP contribution in [0.25, 0.3) is 0 Å². The number of carbonyl (C=O) groups excluding carboxylic acids is 2. The van der Waals surface area contributed by atoms with Crippen molar-refractivity contribution >= 4 is 23.1 Å². The summed E-state index contributed by atoms with van der Waals surface area (Å²) in [7, 11) is 0. The molecule has 1 amide bonds. The average molecular weight is 377 g/mol. The van der Waals surface area contributed by atoms with E-state index in [9.17, 15) is 19.2 Å². The Morgan fingerprint density at radius 1 is 1.38 bits per heavy atom. The highest BCUT2D eigenvalue weighted by atomic mass is 32.2. The first kappa shape index (κ1) is 18.9. The van der Waals surface area contributed by atoms with Gasteiger partial charge in [0.15, 0.2) is 10.6 Å². The van der Waals surface area contributed by atoms with Crippen LogP contribution in [-0.2, 0) is 32.1 Å². The molecule has 3 rings (SSSR count). The van der Waals surface area contributed by atoms with Crippen LogP contribution in [0.2, 0.25) is 0 Å². The van der Waals surface area contributed by atoms with Crippen LogP contribution in [0.4, 0.5) is 0 Å². The highest BCUT2D eigenvalue weighted by Crippen LogP contribution is 2.48. The summed E-state index contributed by atoms with van der Waals surface area (Å²) in [6.07, 6.45) is 0.330. The van der Waals surface area contributed by atoms with Gasteiger partial charge in [0.25, 0.3) is 0 Å². The molecule has 0 aromatic heterocycles. The van der Waals surface area contributed by atoms with E-state index in [1.54, 1.807) is 20.8 Å². The number of amides is 1. The lowest BCUT2D eigenvalue weighted by atomic mass is 9.76. The summed E-state index contributed by atoms with van der Waals surface area (Å²) in [5, 5.41) is 10.3. The van der Waals surface area contributed by atoms with E-state index in [0.29, 0.717) is 17.1 Å². The van der Waals surface area contributed by atoms with E-state index in [-0.39, 0.29) is 24.3 Å². The number of hydrogen-bond donors (Lipinski definition) is 1. The molecule has 2 aliphatic rings.